The maximum absolute atomic E-state index is 12.1. The minimum atomic E-state index is -0.660. The molecule has 142 valence electrons. The van der Waals surface area contributed by atoms with Crippen LogP contribution in [0.15, 0.2) is 18.3 Å². The molecule has 2 heterocycles. The molecule has 5 nitrogen and oxygen atoms in total. The van der Waals surface area contributed by atoms with Gasteiger partial charge in [0.15, 0.2) is 0 Å². The number of aromatic nitrogens is 2. The number of rotatable bonds is 5. The van der Waals surface area contributed by atoms with Gasteiger partial charge in [-0.25, -0.2) is 0 Å². The maximum atomic E-state index is 12.1. The number of aromatic amines is 1. The summed E-state index contributed by atoms with van der Waals surface area (Å²) < 4.78 is 0. The molecule has 1 amide bonds. The number of hydrogen-bond acceptors (Lipinski definition) is 3. The molecule has 1 aliphatic rings. The van der Waals surface area contributed by atoms with Crippen molar-refractivity contribution in [3.8, 4) is 0 Å². The number of benzene rings is 1. The molecular weight excluding hydrogens is 350 g/mol. The second kappa shape index (κ2) is 7.57. The predicted molar refractivity (Wildman–Crippen MR) is 104 cm³/mol. The molecule has 0 unspecified atom stereocenters. The van der Waals surface area contributed by atoms with Gasteiger partial charge in [-0.05, 0) is 42.7 Å². The van der Waals surface area contributed by atoms with Crippen LogP contribution in [0.4, 0.5) is 0 Å². The normalized spacial score (nSPS) is 17.7. The lowest BCUT2D eigenvalue weighted by molar-refractivity contribution is -0.133. The van der Waals surface area contributed by atoms with Crippen LogP contribution >= 0.6 is 11.6 Å². The summed E-state index contributed by atoms with van der Waals surface area (Å²) in [5, 5.41) is 19.8. The summed E-state index contributed by atoms with van der Waals surface area (Å²) in [6.07, 6.45) is 4.39. The van der Waals surface area contributed by atoms with Gasteiger partial charge in [-0.15, -0.1) is 0 Å². The number of carbonyl (C=O) groups is 1. The number of amides is 1. The van der Waals surface area contributed by atoms with Crippen LogP contribution in [0.25, 0.3) is 10.9 Å². The van der Waals surface area contributed by atoms with Gasteiger partial charge in [-0.1, -0.05) is 32.4 Å². The lowest BCUT2D eigenvalue weighted by Gasteiger charge is -2.43. The first-order valence-electron chi connectivity index (χ1n) is 9.43. The van der Waals surface area contributed by atoms with E-state index in [1.54, 1.807) is 6.20 Å². The summed E-state index contributed by atoms with van der Waals surface area (Å²) in [5.41, 5.74) is 1.30. The molecule has 0 aliphatic carbocycles. The van der Waals surface area contributed by atoms with Crippen LogP contribution in [0.1, 0.15) is 58.1 Å². The Hall–Kier alpha value is -1.59. The van der Waals surface area contributed by atoms with Gasteiger partial charge < -0.3 is 10.0 Å². The highest BCUT2D eigenvalue weighted by atomic mass is 35.5. The van der Waals surface area contributed by atoms with Crippen molar-refractivity contribution in [3.63, 3.8) is 0 Å². The molecule has 1 aliphatic heterocycles. The first kappa shape index (κ1) is 19.2. The Morgan fingerprint density at radius 3 is 2.77 bits per heavy atom. The Kier molecular flexibility index (Phi) is 5.58. The molecule has 1 aromatic carbocycles. The van der Waals surface area contributed by atoms with Gasteiger partial charge in [0.05, 0.1) is 17.8 Å². The summed E-state index contributed by atoms with van der Waals surface area (Å²) >= 11 is 6.25. The third-order valence-electron chi connectivity index (χ3n) is 5.91. The topological polar surface area (TPSA) is 69.2 Å². The monoisotopic (exact) mass is 377 g/mol. The van der Waals surface area contributed by atoms with Crippen molar-refractivity contribution in [1.29, 1.82) is 0 Å². The van der Waals surface area contributed by atoms with Gasteiger partial charge in [0, 0.05) is 35.5 Å². The zero-order valence-corrected chi connectivity index (χ0v) is 16.5. The minimum Gasteiger partial charge on any atom is -0.388 e. The fourth-order valence-electron chi connectivity index (χ4n) is 4.13. The van der Waals surface area contributed by atoms with E-state index in [4.69, 9.17) is 11.6 Å². The lowest BCUT2D eigenvalue weighted by atomic mass is 9.68. The number of H-pyrrole nitrogens is 1. The maximum Gasteiger partial charge on any atom is 0.222 e. The smallest absolute Gasteiger partial charge is 0.222 e. The second-order valence-corrected chi connectivity index (χ2v) is 8.39. The molecule has 1 aromatic heterocycles. The van der Waals surface area contributed by atoms with Crippen LogP contribution in [-0.4, -0.2) is 39.2 Å². The van der Waals surface area contributed by atoms with Gasteiger partial charge >= 0.3 is 0 Å². The number of halogens is 1. The van der Waals surface area contributed by atoms with Crippen LogP contribution in [0.2, 0.25) is 5.02 Å². The van der Waals surface area contributed by atoms with Crippen LogP contribution in [0, 0.1) is 11.3 Å². The molecule has 1 atom stereocenters. The number of aliphatic hydroxyl groups is 1. The fourth-order valence-corrected chi connectivity index (χ4v) is 4.37. The molecule has 0 spiro atoms. The molecule has 2 N–H and O–H groups in total. The number of nitrogens with zero attached hydrogens (tertiary/aromatic N) is 2. The van der Waals surface area contributed by atoms with E-state index in [9.17, 15) is 9.90 Å². The van der Waals surface area contributed by atoms with Gasteiger partial charge in [-0.2, -0.15) is 5.10 Å². The zero-order valence-electron chi connectivity index (χ0n) is 15.8. The average molecular weight is 378 g/mol. The van der Waals surface area contributed by atoms with Crippen molar-refractivity contribution in [2.24, 2.45) is 11.3 Å². The molecule has 1 fully saturated rings. The largest absolute Gasteiger partial charge is 0.388 e. The molecule has 0 saturated carbocycles. The van der Waals surface area contributed by atoms with Crippen LogP contribution in [-0.2, 0) is 4.79 Å². The van der Waals surface area contributed by atoms with Gasteiger partial charge in [0.2, 0.25) is 5.91 Å². The molecule has 26 heavy (non-hydrogen) atoms. The van der Waals surface area contributed by atoms with Crippen molar-refractivity contribution in [1.82, 2.24) is 15.1 Å². The van der Waals surface area contributed by atoms with Crippen LogP contribution in [0.3, 0.4) is 0 Å². The Morgan fingerprint density at radius 2 is 2.12 bits per heavy atom. The number of hydrogen-bond donors (Lipinski definition) is 2. The van der Waals surface area contributed by atoms with Crippen LogP contribution in [0.5, 0.6) is 0 Å². The molecule has 1 saturated heterocycles. The van der Waals surface area contributed by atoms with E-state index in [1.807, 2.05) is 24.0 Å². The zero-order chi connectivity index (χ0) is 18.9. The Balaban J connectivity index is 1.77. The number of aliphatic hydroxyl groups excluding tert-OH is 1. The third kappa shape index (κ3) is 3.60. The van der Waals surface area contributed by atoms with Crippen molar-refractivity contribution < 1.29 is 9.90 Å². The molecular formula is C20H28ClN3O2. The fraction of sp³-hybridized carbons (Fsp3) is 0.600. The minimum absolute atomic E-state index is 0.248. The quantitative estimate of drug-likeness (QED) is 0.815. The first-order chi connectivity index (χ1) is 12.3. The van der Waals surface area contributed by atoms with E-state index >= 15 is 0 Å². The van der Waals surface area contributed by atoms with Crippen molar-refractivity contribution in [2.45, 2.75) is 52.6 Å². The number of piperidine rings is 1. The van der Waals surface area contributed by atoms with E-state index in [2.05, 4.69) is 24.0 Å². The number of fused-ring (bicyclic) bond motifs is 1. The summed E-state index contributed by atoms with van der Waals surface area (Å²) in [4.78, 5) is 14.1. The molecule has 2 aromatic rings. The highest BCUT2D eigenvalue weighted by Gasteiger charge is 2.40. The van der Waals surface area contributed by atoms with Crippen molar-refractivity contribution in [3.05, 3.63) is 28.9 Å². The van der Waals surface area contributed by atoms with E-state index < -0.39 is 6.10 Å². The summed E-state index contributed by atoms with van der Waals surface area (Å²) in [6.45, 7) is 7.79. The first-order valence-corrected chi connectivity index (χ1v) is 9.80. The molecule has 3 rings (SSSR count). The van der Waals surface area contributed by atoms with Crippen molar-refractivity contribution >= 4 is 28.4 Å². The van der Waals surface area contributed by atoms with E-state index in [1.165, 1.54) is 0 Å². The Labute approximate surface area is 159 Å². The summed E-state index contributed by atoms with van der Waals surface area (Å²) in [5.74, 6) is 0.582. The number of likely N-dealkylation sites (tertiary alicyclic amines) is 1. The number of carbonyl (C=O) groups excluding carboxylic acids is 1. The second-order valence-electron chi connectivity index (χ2n) is 7.96. The van der Waals surface area contributed by atoms with Gasteiger partial charge in [0.25, 0.3) is 0 Å². The summed E-state index contributed by atoms with van der Waals surface area (Å²) in [6, 6.07) is 3.68. The molecule has 0 bridgehead atoms. The van der Waals surface area contributed by atoms with Crippen molar-refractivity contribution in [2.75, 3.05) is 13.1 Å². The van der Waals surface area contributed by atoms with E-state index in [0.717, 1.165) is 48.8 Å². The van der Waals surface area contributed by atoms with Gasteiger partial charge in [-0.3, -0.25) is 9.89 Å². The highest BCUT2D eigenvalue weighted by Crippen LogP contribution is 2.46. The SMILES string of the molecule is CCCC(=O)N1CCC(C(C)(C)[C@H](O)c2cc(Cl)cc3cn[nH]c23)CC1. The van der Waals surface area contributed by atoms with Crippen LogP contribution < -0.4 is 0 Å². The Morgan fingerprint density at radius 1 is 1.42 bits per heavy atom. The standard InChI is InChI=1S/C20H28ClN3O2/c1-4-5-17(25)24-8-6-14(7-9-24)20(2,3)19(26)16-11-15(21)10-13-12-22-23-18(13)16/h10-12,14,19,26H,4-9H2,1-3H3,(H,22,23)/t19-/m1/s1. The summed E-state index contributed by atoms with van der Waals surface area (Å²) in [7, 11) is 0. The Bertz CT molecular complexity index is 778. The predicted octanol–water partition coefficient (Wildman–Crippen LogP) is 4.31. The van der Waals surface area contributed by atoms with Gasteiger partial charge in [0.1, 0.15) is 0 Å². The molecule has 6 heteroatoms. The highest BCUT2D eigenvalue weighted by molar-refractivity contribution is 6.31. The average Bonchev–Trinajstić information content (AvgIpc) is 3.09. The molecule has 0 radical (unpaired) electrons. The number of nitrogens with one attached hydrogen (secondary N) is 1. The lowest BCUT2D eigenvalue weighted by Crippen LogP contribution is -2.43. The van der Waals surface area contributed by atoms with E-state index in [-0.39, 0.29) is 11.3 Å². The third-order valence-corrected chi connectivity index (χ3v) is 6.13. The van der Waals surface area contributed by atoms with E-state index in [0.29, 0.717) is 17.4 Å².